The molecular formula is C15H29NO2. The van der Waals surface area contributed by atoms with E-state index >= 15 is 0 Å². The van der Waals surface area contributed by atoms with Crippen LogP contribution < -0.4 is 5.32 Å². The first kappa shape index (κ1) is 14.3. The Labute approximate surface area is 112 Å². The monoisotopic (exact) mass is 255 g/mol. The summed E-state index contributed by atoms with van der Waals surface area (Å²) in [5.41, 5.74) is 0.258. The van der Waals surface area contributed by atoms with Crippen molar-refractivity contribution in [1.29, 1.82) is 0 Å². The molecule has 1 N–H and O–H groups in total. The molecule has 1 saturated carbocycles. The van der Waals surface area contributed by atoms with Crippen LogP contribution in [0.15, 0.2) is 0 Å². The molecule has 0 aromatic carbocycles. The molecular weight excluding hydrogens is 226 g/mol. The Morgan fingerprint density at radius 2 is 2.06 bits per heavy atom. The maximum absolute atomic E-state index is 6.36. The second-order valence-corrected chi connectivity index (χ2v) is 5.99. The molecule has 18 heavy (non-hydrogen) atoms. The summed E-state index contributed by atoms with van der Waals surface area (Å²) in [6.45, 7) is 3.99. The molecule has 0 amide bonds. The van der Waals surface area contributed by atoms with E-state index in [-0.39, 0.29) is 5.60 Å². The third kappa shape index (κ3) is 3.69. The molecule has 0 aromatic heterocycles. The highest BCUT2D eigenvalue weighted by Crippen LogP contribution is 2.41. The van der Waals surface area contributed by atoms with Crippen molar-refractivity contribution in [2.24, 2.45) is 0 Å². The number of hydrogen-bond acceptors (Lipinski definition) is 3. The number of nitrogens with one attached hydrogen (secondary N) is 1. The second-order valence-electron chi connectivity index (χ2n) is 5.99. The van der Waals surface area contributed by atoms with E-state index in [0.29, 0.717) is 12.1 Å². The van der Waals surface area contributed by atoms with Crippen molar-refractivity contribution in [3.05, 3.63) is 0 Å². The molecule has 2 rings (SSSR count). The van der Waals surface area contributed by atoms with Gasteiger partial charge in [0.25, 0.3) is 0 Å². The fourth-order valence-electron chi connectivity index (χ4n) is 3.42. The van der Waals surface area contributed by atoms with Gasteiger partial charge in [-0.25, -0.2) is 0 Å². The molecule has 3 nitrogen and oxygen atoms in total. The minimum Gasteiger partial charge on any atom is -0.383 e. The van der Waals surface area contributed by atoms with Gasteiger partial charge in [0.05, 0.1) is 18.3 Å². The van der Waals surface area contributed by atoms with Gasteiger partial charge in [0.15, 0.2) is 0 Å². The molecule has 3 heteroatoms. The molecule has 2 atom stereocenters. The average molecular weight is 255 g/mol. The Morgan fingerprint density at radius 3 is 2.72 bits per heavy atom. The van der Waals surface area contributed by atoms with Crippen molar-refractivity contribution in [3.63, 3.8) is 0 Å². The average Bonchev–Trinajstić information content (AvgIpc) is 2.78. The quantitative estimate of drug-likeness (QED) is 0.791. The summed E-state index contributed by atoms with van der Waals surface area (Å²) in [5.74, 6) is 0. The molecule has 1 saturated heterocycles. The van der Waals surface area contributed by atoms with Crippen molar-refractivity contribution >= 4 is 0 Å². The number of rotatable bonds is 6. The summed E-state index contributed by atoms with van der Waals surface area (Å²) in [4.78, 5) is 0. The van der Waals surface area contributed by atoms with Crippen LogP contribution >= 0.6 is 0 Å². The Kier molecular flexibility index (Phi) is 5.46. The Balaban J connectivity index is 1.72. The van der Waals surface area contributed by atoms with E-state index in [4.69, 9.17) is 9.47 Å². The number of ether oxygens (including phenoxy) is 2. The van der Waals surface area contributed by atoms with E-state index in [1.54, 1.807) is 7.11 Å². The Bertz CT molecular complexity index is 239. The highest BCUT2D eigenvalue weighted by Gasteiger charge is 2.40. The van der Waals surface area contributed by atoms with Gasteiger partial charge in [-0.05, 0) is 32.1 Å². The van der Waals surface area contributed by atoms with Gasteiger partial charge in [-0.15, -0.1) is 0 Å². The summed E-state index contributed by atoms with van der Waals surface area (Å²) < 4.78 is 11.6. The van der Waals surface area contributed by atoms with Gasteiger partial charge in [-0.1, -0.05) is 26.2 Å². The van der Waals surface area contributed by atoms with Gasteiger partial charge in [0.2, 0.25) is 0 Å². The van der Waals surface area contributed by atoms with Crippen LogP contribution in [0.5, 0.6) is 0 Å². The zero-order valence-electron chi connectivity index (χ0n) is 12.0. The second kappa shape index (κ2) is 6.88. The van der Waals surface area contributed by atoms with Gasteiger partial charge in [0.1, 0.15) is 0 Å². The lowest BCUT2D eigenvalue weighted by molar-refractivity contribution is -0.0634. The predicted octanol–water partition coefficient (Wildman–Crippen LogP) is 2.88. The lowest BCUT2D eigenvalue weighted by Crippen LogP contribution is -2.39. The van der Waals surface area contributed by atoms with Crippen molar-refractivity contribution in [2.45, 2.75) is 76.0 Å². The third-order valence-corrected chi connectivity index (χ3v) is 4.60. The molecule has 0 bridgehead atoms. The predicted molar refractivity (Wildman–Crippen MR) is 73.9 cm³/mol. The van der Waals surface area contributed by atoms with Gasteiger partial charge in [-0.2, -0.15) is 0 Å². The van der Waals surface area contributed by atoms with Crippen LogP contribution in [0.3, 0.4) is 0 Å². The van der Waals surface area contributed by atoms with Crippen LogP contribution in [0, 0.1) is 0 Å². The summed E-state index contributed by atoms with van der Waals surface area (Å²) in [7, 11) is 1.77. The first-order valence-electron chi connectivity index (χ1n) is 7.68. The molecule has 1 heterocycles. The number of methoxy groups -OCH3 is 1. The maximum atomic E-state index is 6.36. The van der Waals surface area contributed by atoms with E-state index in [1.807, 2.05) is 0 Å². The zero-order valence-corrected chi connectivity index (χ0v) is 12.0. The van der Waals surface area contributed by atoms with Crippen LogP contribution in [0.1, 0.15) is 58.3 Å². The van der Waals surface area contributed by atoms with Crippen LogP contribution in [-0.2, 0) is 9.47 Å². The molecule has 2 aliphatic rings. The highest BCUT2D eigenvalue weighted by atomic mass is 16.5. The molecule has 2 unspecified atom stereocenters. The van der Waals surface area contributed by atoms with E-state index in [9.17, 15) is 0 Å². The lowest BCUT2D eigenvalue weighted by atomic mass is 9.83. The van der Waals surface area contributed by atoms with Crippen molar-refractivity contribution < 1.29 is 9.47 Å². The fraction of sp³-hybridized carbons (Fsp3) is 1.00. The Morgan fingerprint density at radius 1 is 1.28 bits per heavy atom. The van der Waals surface area contributed by atoms with E-state index in [0.717, 1.165) is 19.6 Å². The van der Waals surface area contributed by atoms with Crippen LogP contribution in [0.25, 0.3) is 0 Å². The minimum absolute atomic E-state index is 0.258. The fourth-order valence-corrected chi connectivity index (χ4v) is 3.42. The maximum Gasteiger partial charge on any atom is 0.0708 e. The van der Waals surface area contributed by atoms with Gasteiger partial charge < -0.3 is 14.8 Å². The van der Waals surface area contributed by atoms with Crippen molar-refractivity contribution in [1.82, 2.24) is 5.32 Å². The molecule has 0 aromatic rings. The highest BCUT2D eigenvalue weighted by molar-refractivity contribution is 4.92. The normalized spacial score (nSPS) is 28.7. The Hall–Kier alpha value is -0.120. The van der Waals surface area contributed by atoms with Crippen LogP contribution in [0.2, 0.25) is 0 Å². The molecule has 2 fully saturated rings. The van der Waals surface area contributed by atoms with E-state index in [1.165, 1.54) is 44.9 Å². The van der Waals surface area contributed by atoms with Crippen molar-refractivity contribution in [2.75, 3.05) is 20.3 Å². The first-order valence-corrected chi connectivity index (χ1v) is 7.68. The van der Waals surface area contributed by atoms with E-state index < -0.39 is 0 Å². The van der Waals surface area contributed by atoms with Crippen molar-refractivity contribution in [3.8, 4) is 0 Å². The van der Waals surface area contributed by atoms with Crippen LogP contribution in [0.4, 0.5) is 0 Å². The standard InChI is InChI=1S/C15H29NO2/c1-3-13(12-17-2)16-11-14-7-10-15(18-14)8-5-4-6-9-15/h13-14,16H,3-12H2,1-2H3. The SMILES string of the molecule is CCC(COC)NCC1CCC2(CCCCC2)O1. The van der Waals surface area contributed by atoms with Gasteiger partial charge in [0, 0.05) is 19.7 Å². The molecule has 106 valence electrons. The summed E-state index contributed by atoms with van der Waals surface area (Å²) in [6, 6.07) is 0.474. The largest absolute Gasteiger partial charge is 0.383 e. The molecule has 1 aliphatic carbocycles. The summed E-state index contributed by atoms with van der Waals surface area (Å²) in [6.07, 6.45) is 10.8. The molecule has 1 aliphatic heterocycles. The van der Waals surface area contributed by atoms with Crippen LogP contribution in [-0.4, -0.2) is 38.0 Å². The third-order valence-electron chi connectivity index (χ3n) is 4.60. The topological polar surface area (TPSA) is 30.5 Å². The molecule has 1 spiro atoms. The minimum atomic E-state index is 0.258. The van der Waals surface area contributed by atoms with Gasteiger partial charge in [-0.3, -0.25) is 0 Å². The zero-order chi connectivity index (χ0) is 12.8. The summed E-state index contributed by atoms with van der Waals surface area (Å²) >= 11 is 0. The number of hydrogen-bond donors (Lipinski definition) is 1. The smallest absolute Gasteiger partial charge is 0.0708 e. The lowest BCUT2D eigenvalue weighted by Gasteiger charge is -2.33. The van der Waals surface area contributed by atoms with Gasteiger partial charge >= 0.3 is 0 Å². The molecule has 0 radical (unpaired) electrons. The van der Waals surface area contributed by atoms with E-state index in [2.05, 4.69) is 12.2 Å². The first-order chi connectivity index (χ1) is 8.78. The summed E-state index contributed by atoms with van der Waals surface area (Å²) in [5, 5.41) is 3.58.